The summed E-state index contributed by atoms with van der Waals surface area (Å²) in [5, 5.41) is 2.57. The van der Waals surface area contributed by atoms with Gasteiger partial charge in [-0.15, -0.1) is 0 Å². The van der Waals surface area contributed by atoms with Gasteiger partial charge in [-0.1, -0.05) is 0 Å². The summed E-state index contributed by atoms with van der Waals surface area (Å²) in [7, 11) is -3.57. The minimum atomic E-state index is -1.92. The maximum absolute atomic E-state index is 12.0. The van der Waals surface area contributed by atoms with Crippen molar-refractivity contribution in [1.29, 1.82) is 0 Å². The van der Waals surface area contributed by atoms with Crippen molar-refractivity contribution in [2.24, 2.45) is 0 Å². The van der Waals surface area contributed by atoms with Crippen LogP contribution in [0.5, 0.6) is 5.75 Å². The molecule has 0 aliphatic heterocycles. The van der Waals surface area contributed by atoms with Gasteiger partial charge in [-0.25, -0.2) is 0 Å². The molecule has 1 aromatic rings. The maximum Gasteiger partial charge on any atom is 0.312 e. The van der Waals surface area contributed by atoms with E-state index in [-0.39, 0.29) is 12.5 Å². The molecular weight excluding hydrogens is 314 g/mol. The SMILES string of the molecule is C[Si](C)(C)OC(=O)CNC(=O)c1ccc(O[Si](C)(C)C)cc1. The Labute approximate surface area is 134 Å². The second-order valence-electron chi connectivity index (χ2n) is 7.01. The van der Waals surface area contributed by atoms with Gasteiger partial charge in [0.15, 0.2) is 0 Å². The highest BCUT2D eigenvalue weighted by Crippen LogP contribution is 2.16. The molecule has 0 aliphatic rings. The van der Waals surface area contributed by atoms with Crippen molar-refractivity contribution in [3.05, 3.63) is 29.8 Å². The van der Waals surface area contributed by atoms with Gasteiger partial charge in [0.1, 0.15) is 12.3 Å². The van der Waals surface area contributed by atoms with Crippen LogP contribution in [-0.4, -0.2) is 35.1 Å². The Kier molecular flexibility index (Phi) is 5.95. The molecule has 0 spiro atoms. The topological polar surface area (TPSA) is 64.6 Å². The van der Waals surface area contributed by atoms with Crippen LogP contribution in [0, 0.1) is 0 Å². The summed E-state index contributed by atoms with van der Waals surface area (Å²) in [6, 6.07) is 6.92. The summed E-state index contributed by atoms with van der Waals surface area (Å²) >= 11 is 0. The number of rotatable bonds is 6. The lowest BCUT2D eigenvalue weighted by molar-refractivity contribution is -0.133. The van der Waals surface area contributed by atoms with Gasteiger partial charge in [0.2, 0.25) is 16.6 Å². The average molecular weight is 340 g/mol. The van der Waals surface area contributed by atoms with Gasteiger partial charge in [-0.05, 0) is 63.5 Å². The number of nitrogens with one attached hydrogen (secondary N) is 1. The van der Waals surface area contributed by atoms with Crippen LogP contribution < -0.4 is 9.74 Å². The Morgan fingerprint density at radius 2 is 1.50 bits per heavy atom. The average Bonchev–Trinajstić information content (AvgIpc) is 2.33. The molecular formula is C15H25NO4Si2. The first-order valence-corrected chi connectivity index (χ1v) is 14.1. The molecule has 1 aromatic carbocycles. The van der Waals surface area contributed by atoms with Gasteiger partial charge in [0.05, 0.1) is 0 Å². The van der Waals surface area contributed by atoms with Crippen molar-refractivity contribution < 1.29 is 18.4 Å². The van der Waals surface area contributed by atoms with E-state index in [2.05, 4.69) is 25.0 Å². The quantitative estimate of drug-likeness (QED) is 0.809. The standard InChI is InChI=1S/C15H25NO4Si2/c1-21(2,3)19-13-9-7-12(8-10-13)15(18)16-11-14(17)20-22(4,5)6/h7-10H,11H2,1-6H3,(H,16,18). The lowest BCUT2D eigenvalue weighted by Gasteiger charge is -2.19. The summed E-state index contributed by atoms with van der Waals surface area (Å²) in [6.07, 6.45) is 0. The Morgan fingerprint density at radius 1 is 0.955 bits per heavy atom. The van der Waals surface area contributed by atoms with Crippen LogP contribution in [-0.2, 0) is 9.22 Å². The third-order valence-corrected chi connectivity index (χ3v) is 4.04. The van der Waals surface area contributed by atoms with Crippen LogP contribution >= 0.6 is 0 Å². The number of carbonyl (C=O) groups is 2. The predicted molar refractivity (Wildman–Crippen MR) is 92.2 cm³/mol. The summed E-state index contributed by atoms with van der Waals surface area (Å²) in [6.45, 7) is 11.9. The molecule has 0 unspecified atom stereocenters. The fourth-order valence-electron chi connectivity index (χ4n) is 1.66. The van der Waals surface area contributed by atoms with E-state index >= 15 is 0 Å². The second kappa shape index (κ2) is 7.10. The summed E-state index contributed by atoms with van der Waals surface area (Å²) in [5.74, 6) is 0.0622. The van der Waals surface area contributed by atoms with Gasteiger partial charge >= 0.3 is 5.97 Å². The Hall–Kier alpha value is -1.61. The van der Waals surface area contributed by atoms with Crippen molar-refractivity contribution in [2.75, 3.05) is 6.54 Å². The minimum Gasteiger partial charge on any atom is -0.544 e. The first kappa shape index (κ1) is 18.4. The van der Waals surface area contributed by atoms with E-state index in [0.29, 0.717) is 5.56 Å². The van der Waals surface area contributed by atoms with Crippen molar-refractivity contribution in [3.63, 3.8) is 0 Å². The van der Waals surface area contributed by atoms with Crippen molar-refractivity contribution in [2.45, 2.75) is 39.3 Å². The molecule has 1 amide bonds. The number of benzene rings is 1. The van der Waals surface area contributed by atoms with Crippen LogP contribution in [0.4, 0.5) is 0 Å². The van der Waals surface area contributed by atoms with Crippen LogP contribution in [0.25, 0.3) is 0 Å². The maximum atomic E-state index is 12.0. The van der Waals surface area contributed by atoms with Gasteiger partial charge in [-0.3, -0.25) is 9.59 Å². The molecule has 5 nitrogen and oxygen atoms in total. The fourth-order valence-corrected chi connectivity index (χ4v) is 3.26. The number of hydrogen-bond donors (Lipinski definition) is 1. The number of carbonyl (C=O) groups excluding carboxylic acids is 2. The van der Waals surface area contributed by atoms with Gasteiger partial charge in [0, 0.05) is 5.56 Å². The van der Waals surface area contributed by atoms with Gasteiger partial charge in [-0.2, -0.15) is 0 Å². The fraction of sp³-hybridized carbons (Fsp3) is 0.467. The number of amides is 1. The second-order valence-corrected chi connectivity index (χ2v) is 15.9. The van der Waals surface area contributed by atoms with E-state index in [1.54, 1.807) is 24.3 Å². The third-order valence-electron chi connectivity index (χ3n) is 2.35. The third kappa shape index (κ3) is 7.42. The summed E-state index contributed by atoms with van der Waals surface area (Å²) in [5.41, 5.74) is 0.490. The molecule has 22 heavy (non-hydrogen) atoms. The zero-order valence-electron chi connectivity index (χ0n) is 14.1. The van der Waals surface area contributed by atoms with Crippen molar-refractivity contribution >= 4 is 28.5 Å². The predicted octanol–water partition coefficient (Wildman–Crippen LogP) is 3.01. The highest BCUT2D eigenvalue weighted by molar-refractivity contribution is 6.71. The first-order valence-electron chi connectivity index (χ1n) is 7.25. The zero-order valence-corrected chi connectivity index (χ0v) is 16.1. The minimum absolute atomic E-state index is 0.115. The highest BCUT2D eigenvalue weighted by Gasteiger charge is 2.20. The monoisotopic (exact) mass is 339 g/mol. The summed E-state index contributed by atoms with van der Waals surface area (Å²) < 4.78 is 11.1. The molecule has 0 atom stereocenters. The van der Waals surface area contributed by atoms with Crippen LogP contribution in [0.1, 0.15) is 10.4 Å². The Morgan fingerprint density at radius 3 is 1.95 bits per heavy atom. The van der Waals surface area contributed by atoms with Crippen molar-refractivity contribution in [3.8, 4) is 5.75 Å². The molecule has 0 saturated carbocycles. The normalized spacial score (nSPS) is 11.7. The van der Waals surface area contributed by atoms with E-state index in [1.165, 1.54) is 0 Å². The highest BCUT2D eigenvalue weighted by atomic mass is 28.4. The molecule has 0 bridgehead atoms. The van der Waals surface area contributed by atoms with Crippen LogP contribution in [0.3, 0.4) is 0 Å². The first-order chi connectivity index (χ1) is 9.96. The van der Waals surface area contributed by atoms with Gasteiger partial charge < -0.3 is 14.2 Å². The smallest absolute Gasteiger partial charge is 0.312 e. The van der Waals surface area contributed by atoms with E-state index in [1.807, 2.05) is 19.6 Å². The molecule has 0 fully saturated rings. The van der Waals surface area contributed by atoms with Gasteiger partial charge in [0.25, 0.3) is 5.91 Å². The lowest BCUT2D eigenvalue weighted by Crippen LogP contribution is -2.36. The summed E-state index contributed by atoms with van der Waals surface area (Å²) in [4.78, 5) is 23.6. The van der Waals surface area contributed by atoms with Crippen molar-refractivity contribution in [1.82, 2.24) is 5.32 Å². The largest absolute Gasteiger partial charge is 0.544 e. The van der Waals surface area contributed by atoms with E-state index in [9.17, 15) is 9.59 Å². The molecule has 0 saturated heterocycles. The van der Waals surface area contributed by atoms with Crippen LogP contribution in [0.15, 0.2) is 24.3 Å². The molecule has 0 aliphatic carbocycles. The molecule has 0 aromatic heterocycles. The zero-order chi connectivity index (χ0) is 17.0. The molecule has 0 heterocycles. The van der Waals surface area contributed by atoms with Crippen LogP contribution in [0.2, 0.25) is 39.3 Å². The number of hydrogen-bond acceptors (Lipinski definition) is 4. The Bertz CT molecular complexity index is 530. The van der Waals surface area contributed by atoms with E-state index in [0.717, 1.165) is 5.75 Å². The van der Waals surface area contributed by atoms with E-state index < -0.39 is 22.6 Å². The van der Waals surface area contributed by atoms with E-state index in [4.69, 9.17) is 8.85 Å². The molecule has 1 rings (SSSR count). The molecule has 1 N–H and O–H groups in total. The molecule has 122 valence electrons. The Balaban J connectivity index is 2.54. The molecule has 7 heteroatoms. The molecule has 0 radical (unpaired) electrons. The lowest BCUT2D eigenvalue weighted by atomic mass is 10.2.